The Bertz CT molecular complexity index is 517. The summed E-state index contributed by atoms with van der Waals surface area (Å²) in [4.78, 5) is 31.5. The highest BCUT2D eigenvalue weighted by Crippen LogP contribution is 2.33. The van der Waals surface area contributed by atoms with E-state index in [4.69, 9.17) is 0 Å². The molecule has 6 heteroatoms. The third kappa shape index (κ3) is 5.47. The second-order valence-corrected chi connectivity index (χ2v) is 9.37. The number of amides is 2. The summed E-state index contributed by atoms with van der Waals surface area (Å²) < 4.78 is 0. The van der Waals surface area contributed by atoms with E-state index in [2.05, 4.69) is 35.9 Å². The van der Waals surface area contributed by atoms with Crippen LogP contribution >= 0.6 is 0 Å². The predicted molar refractivity (Wildman–Crippen MR) is 112 cm³/mol. The Hall–Kier alpha value is -1.14. The summed E-state index contributed by atoms with van der Waals surface area (Å²) in [7, 11) is 0. The zero-order valence-corrected chi connectivity index (χ0v) is 18.2. The van der Waals surface area contributed by atoms with Gasteiger partial charge in [-0.2, -0.15) is 0 Å². The van der Waals surface area contributed by atoms with Crippen LogP contribution in [-0.4, -0.2) is 84.9 Å². The molecule has 0 aromatic rings. The lowest BCUT2D eigenvalue weighted by molar-refractivity contribution is -0.143. The van der Waals surface area contributed by atoms with Crippen molar-refractivity contribution in [1.29, 1.82) is 0 Å². The number of rotatable bonds is 7. The lowest BCUT2D eigenvalue weighted by atomic mass is 9.78. The number of carbonyl (C=O) groups is 2. The van der Waals surface area contributed by atoms with Gasteiger partial charge in [0.1, 0.15) is 0 Å². The Morgan fingerprint density at radius 1 is 0.929 bits per heavy atom. The van der Waals surface area contributed by atoms with Gasteiger partial charge in [0, 0.05) is 45.3 Å². The van der Waals surface area contributed by atoms with E-state index in [1.807, 2.05) is 4.90 Å². The molecule has 0 aliphatic carbocycles. The van der Waals surface area contributed by atoms with Gasteiger partial charge in [0.2, 0.25) is 11.8 Å². The molecule has 3 fully saturated rings. The minimum atomic E-state index is 0.241. The van der Waals surface area contributed by atoms with Crippen LogP contribution in [0.3, 0.4) is 0 Å². The zero-order valence-electron chi connectivity index (χ0n) is 18.2. The lowest BCUT2D eigenvalue weighted by Gasteiger charge is -2.44. The molecule has 0 radical (unpaired) electrons. The van der Waals surface area contributed by atoms with Crippen molar-refractivity contribution >= 4 is 11.8 Å². The first-order valence-electron chi connectivity index (χ1n) is 11.5. The van der Waals surface area contributed by atoms with Gasteiger partial charge in [-0.1, -0.05) is 20.8 Å². The molecule has 1 N–H and O–H groups in total. The van der Waals surface area contributed by atoms with E-state index in [1.54, 1.807) is 0 Å². The summed E-state index contributed by atoms with van der Waals surface area (Å²) in [5.41, 5.74) is 0. The molecule has 3 heterocycles. The van der Waals surface area contributed by atoms with E-state index >= 15 is 0 Å². The Balaban J connectivity index is 1.35. The van der Waals surface area contributed by atoms with Crippen LogP contribution in [-0.2, 0) is 9.59 Å². The van der Waals surface area contributed by atoms with Crippen molar-refractivity contribution in [3.63, 3.8) is 0 Å². The Morgan fingerprint density at radius 3 is 1.96 bits per heavy atom. The normalized spacial score (nSPS) is 23.3. The Morgan fingerprint density at radius 2 is 1.46 bits per heavy atom. The SMILES string of the molecule is CCCN1CC(C(=O)N2CCC(C3CCN(C(=O)CNC(C)C)CC3)CC2)C1. The highest BCUT2D eigenvalue weighted by atomic mass is 16.2. The quantitative estimate of drug-likeness (QED) is 0.718. The average Bonchev–Trinajstić information content (AvgIpc) is 2.68. The van der Waals surface area contributed by atoms with Crippen LogP contribution in [0.4, 0.5) is 0 Å². The van der Waals surface area contributed by atoms with E-state index < -0.39 is 0 Å². The molecule has 0 saturated carbocycles. The van der Waals surface area contributed by atoms with Gasteiger partial charge in [-0.15, -0.1) is 0 Å². The van der Waals surface area contributed by atoms with Crippen LogP contribution in [0, 0.1) is 17.8 Å². The minimum Gasteiger partial charge on any atom is -0.342 e. The smallest absolute Gasteiger partial charge is 0.236 e. The molecule has 3 rings (SSSR count). The summed E-state index contributed by atoms with van der Waals surface area (Å²) in [5, 5.41) is 3.23. The van der Waals surface area contributed by atoms with Gasteiger partial charge >= 0.3 is 0 Å². The second kappa shape index (κ2) is 10.1. The number of nitrogens with zero attached hydrogens (tertiary/aromatic N) is 3. The maximum Gasteiger partial charge on any atom is 0.236 e. The first-order valence-corrected chi connectivity index (χ1v) is 11.5. The molecule has 2 amide bonds. The molecule has 160 valence electrons. The van der Waals surface area contributed by atoms with E-state index in [1.165, 1.54) is 6.42 Å². The van der Waals surface area contributed by atoms with Gasteiger partial charge in [0.05, 0.1) is 12.5 Å². The molecule has 0 aromatic heterocycles. The molecule has 28 heavy (non-hydrogen) atoms. The molecular weight excluding hydrogens is 352 g/mol. The highest BCUT2D eigenvalue weighted by Gasteiger charge is 2.37. The molecule has 3 saturated heterocycles. The van der Waals surface area contributed by atoms with Gasteiger partial charge in [0.15, 0.2) is 0 Å². The molecule has 6 nitrogen and oxygen atoms in total. The third-order valence-electron chi connectivity index (χ3n) is 6.92. The summed E-state index contributed by atoms with van der Waals surface area (Å²) in [6.45, 7) is 13.5. The van der Waals surface area contributed by atoms with Crippen molar-refractivity contribution in [1.82, 2.24) is 20.0 Å². The van der Waals surface area contributed by atoms with Crippen LogP contribution in [0.5, 0.6) is 0 Å². The number of carbonyl (C=O) groups excluding carboxylic acids is 2. The minimum absolute atomic E-state index is 0.241. The van der Waals surface area contributed by atoms with E-state index in [0.717, 1.165) is 83.3 Å². The fraction of sp³-hybridized carbons (Fsp3) is 0.909. The monoisotopic (exact) mass is 392 g/mol. The van der Waals surface area contributed by atoms with Crippen LogP contribution in [0.15, 0.2) is 0 Å². The standard InChI is InChI=1S/C22H40N4O2/c1-4-9-24-15-20(16-24)22(28)26-12-7-19(8-13-26)18-5-10-25(11-6-18)21(27)14-23-17(2)3/h17-20,23H,4-16H2,1-3H3. The Labute approximate surface area is 171 Å². The summed E-state index contributed by atoms with van der Waals surface area (Å²) in [6, 6.07) is 0.351. The van der Waals surface area contributed by atoms with Crippen LogP contribution in [0.25, 0.3) is 0 Å². The number of likely N-dealkylation sites (tertiary alicyclic amines) is 3. The molecule has 0 spiro atoms. The van der Waals surface area contributed by atoms with Gasteiger partial charge in [-0.25, -0.2) is 0 Å². The third-order valence-corrected chi connectivity index (χ3v) is 6.92. The maximum absolute atomic E-state index is 12.7. The van der Waals surface area contributed by atoms with Gasteiger partial charge in [-0.05, 0) is 50.5 Å². The van der Waals surface area contributed by atoms with Gasteiger partial charge < -0.3 is 20.0 Å². The molecule has 0 unspecified atom stereocenters. The van der Waals surface area contributed by atoms with Crippen molar-refractivity contribution in [3.8, 4) is 0 Å². The molecule has 3 aliphatic heterocycles. The van der Waals surface area contributed by atoms with Gasteiger partial charge in [0.25, 0.3) is 0 Å². The topological polar surface area (TPSA) is 55.9 Å². The fourth-order valence-electron chi connectivity index (χ4n) is 5.10. The zero-order chi connectivity index (χ0) is 20.1. The summed E-state index contributed by atoms with van der Waals surface area (Å²) in [6.07, 6.45) is 5.71. The van der Waals surface area contributed by atoms with Crippen LogP contribution < -0.4 is 5.32 Å². The molecule has 3 aliphatic rings. The van der Waals surface area contributed by atoms with Crippen LogP contribution in [0.2, 0.25) is 0 Å². The van der Waals surface area contributed by atoms with Crippen molar-refractivity contribution < 1.29 is 9.59 Å². The second-order valence-electron chi connectivity index (χ2n) is 9.37. The van der Waals surface area contributed by atoms with Crippen molar-refractivity contribution in [2.75, 3.05) is 52.4 Å². The first-order chi connectivity index (χ1) is 13.5. The average molecular weight is 393 g/mol. The fourth-order valence-corrected chi connectivity index (χ4v) is 5.10. The molecule has 0 bridgehead atoms. The van der Waals surface area contributed by atoms with E-state index in [0.29, 0.717) is 18.5 Å². The molecule has 0 aromatic carbocycles. The largest absolute Gasteiger partial charge is 0.342 e. The molecule has 0 atom stereocenters. The van der Waals surface area contributed by atoms with Crippen LogP contribution in [0.1, 0.15) is 52.9 Å². The van der Waals surface area contributed by atoms with Crippen molar-refractivity contribution in [2.24, 2.45) is 17.8 Å². The summed E-state index contributed by atoms with van der Waals surface area (Å²) >= 11 is 0. The number of hydrogen-bond acceptors (Lipinski definition) is 4. The number of nitrogens with one attached hydrogen (secondary N) is 1. The van der Waals surface area contributed by atoms with E-state index in [-0.39, 0.29) is 11.8 Å². The van der Waals surface area contributed by atoms with Crippen molar-refractivity contribution in [2.45, 2.75) is 58.9 Å². The Kier molecular flexibility index (Phi) is 7.75. The molecular formula is C22H40N4O2. The number of hydrogen-bond donors (Lipinski definition) is 1. The highest BCUT2D eigenvalue weighted by molar-refractivity contribution is 5.80. The number of piperidine rings is 2. The predicted octanol–water partition coefficient (Wildman–Crippen LogP) is 1.80. The lowest BCUT2D eigenvalue weighted by Crippen LogP contribution is -2.55. The van der Waals surface area contributed by atoms with Crippen molar-refractivity contribution in [3.05, 3.63) is 0 Å². The van der Waals surface area contributed by atoms with Gasteiger partial charge in [-0.3, -0.25) is 9.59 Å². The van der Waals surface area contributed by atoms with E-state index in [9.17, 15) is 9.59 Å². The first kappa shape index (κ1) is 21.6. The summed E-state index contributed by atoms with van der Waals surface area (Å²) in [5.74, 6) is 2.34. The maximum atomic E-state index is 12.7.